The fraction of sp³-hybridized carbons (Fsp3) is 0.481. The molecular formula is C27H33N5O3. The lowest BCUT2D eigenvalue weighted by Crippen LogP contribution is -2.63. The van der Waals surface area contributed by atoms with E-state index in [2.05, 4.69) is 60.0 Å². The van der Waals surface area contributed by atoms with Crippen molar-refractivity contribution in [2.75, 3.05) is 26.7 Å². The van der Waals surface area contributed by atoms with E-state index in [0.717, 1.165) is 25.1 Å². The molecule has 184 valence electrons. The molecule has 0 spiro atoms. The van der Waals surface area contributed by atoms with Crippen molar-refractivity contribution in [2.45, 2.75) is 51.7 Å². The molecule has 0 bridgehead atoms. The molecule has 0 aliphatic carbocycles. The summed E-state index contributed by atoms with van der Waals surface area (Å²) >= 11 is 0. The number of aromatic nitrogens is 3. The minimum atomic E-state index is -1.24. The van der Waals surface area contributed by atoms with Gasteiger partial charge in [-0.2, -0.15) is 4.98 Å². The number of carbonyl (C=O) groups excluding carboxylic acids is 1. The molecule has 2 aliphatic heterocycles. The first-order valence-electron chi connectivity index (χ1n) is 12.3. The van der Waals surface area contributed by atoms with Crippen LogP contribution < -0.4 is 0 Å². The van der Waals surface area contributed by atoms with Gasteiger partial charge in [0.05, 0.1) is 6.54 Å². The van der Waals surface area contributed by atoms with Crippen LogP contribution in [0.2, 0.25) is 0 Å². The molecule has 0 radical (unpaired) electrons. The summed E-state index contributed by atoms with van der Waals surface area (Å²) in [5.74, 6) is 1.32. The number of hydrogen-bond acceptors (Lipinski definition) is 7. The molecule has 1 unspecified atom stereocenters. The fourth-order valence-corrected chi connectivity index (χ4v) is 5.58. The van der Waals surface area contributed by atoms with Gasteiger partial charge in [-0.1, -0.05) is 50.2 Å². The van der Waals surface area contributed by atoms with Gasteiger partial charge in [0.15, 0.2) is 0 Å². The summed E-state index contributed by atoms with van der Waals surface area (Å²) in [6.45, 7) is 8.99. The Labute approximate surface area is 206 Å². The predicted octanol–water partition coefficient (Wildman–Crippen LogP) is 3.57. The van der Waals surface area contributed by atoms with Crippen molar-refractivity contribution < 1.29 is 14.4 Å². The standard InChI is InChI=1S/C27H33N5O3/c1-18(2)19-7-9-21(10-8-19)27(34,26(3)16-31(4)17-26)22-12-20(13-28-14-22)25-29-23(35-30-25)15-32-11-5-6-24(32)33/h7-10,12-14,18,34H,5-6,11,15-17H2,1-4H3. The summed E-state index contributed by atoms with van der Waals surface area (Å²) in [4.78, 5) is 24.9. The molecular weight excluding hydrogens is 442 g/mol. The van der Waals surface area contributed by atoms with E-state index in [0.29, 0.717) is 48.3 Å². The number of pyridine rings is 1. The van der Waals surface area contributed by atoms with Gasteiger partial charge < -0.3 is 19.4 Å². The predicted molar refractivity (Wildman–Crippen MR) is 131 cm³/mol. The zero-order chi connectivity index (χ0) is 24.8. The summed E-state index contributed by atoms with van der Waals surface area (Å²) < 4.78 is 5.44. The summed E-state index contributed by atoms with van der Waals surface area (Å²) in [7, 11) is 2.06. The molecule has 1 atom stereocenters. The van der Waals surface area contributed by atoms with Crippen LogP contribution in [0.1, 0.15) is 62.1 Å². The zero-order valence-electron chi connectivity index (χ0n) is 20.9. The Morgan fingerprint density at radius 3 is 2.54 bits per heavy atom. The van der Waals surface area contributed by atoms with Crippen LogP contribution in [0.3, 0.4) is 0 Å². The highest BCUT2D eigenvalue weighted by molar-refractivity contribution is 5.77. The second-order valence-electron chi connectivity index (χ2n) is 10.6. The molecule has 35 heavy (non-hydrogen) atoms. The van der Waals surface area contributed by atoms with E-state index in [-0.39, 0.29) is 11.3 Å². The van der Waals surface area contributed by atoms with Crippen molar-refractivity contribution in [3.63, 3.8) is 0 Å². The third kappa shape index (κ3) is 4.15. The summed E-state index contributed by atoms with van der Waals surface area (Å²) in [5, 5.41) is 16.5. The highest BCUT2D eigenvalue weighted by Gasteiger charge is 2.55. The van der Waals surface area contributed by atoms with Gasteiger partial charge in [-0.25, -0.2) is 0 Å². The smallest absolute Gasteiger partial charge is 0.246 e. The van der Waals surface area contributed by atoms with Crippen LogP contribution in [0.25, 0.3) is 11.4 Å². The number of likely N-dealkylation sites (tertiary alicyclic amines) is 2. The van der Waals surface area contributed by atoms with Crippen LogP contribution in [0, 0.1) is 5.41 Å². The Balaban J connectivity index is 1.50. The van der Waals surface area contributed by atoms with Gasteiger partial charge in [0.25, 0.3) is 0 Å². The number of aliphatic hydroxyl groups is 1. The van der Waals surface area contributed by atoms with Crippen molar-refractivity contribution in [2.24, 2.45) is 5.41 Å². The molecule has 1 N–H and O–H groups in total. The van der Waals surface area contributed by atoms with E-state index in [9.17, 15) is 9.90 Å². The van der Waals surface area contributed by atoms with Gasteiger partial charge in [0, 0.05) is 55.0 Å². The van der Waals surface area contributed by atoms with E-state index in [1.54, 1.807) is 17.3 Å². The third-order valence-electron chi connectivity index (χ3n) is 7.49. The first kappa shape index (κ1) is 23.6. The van der Waals surface area contributed by atoms with Gasteiger partial charge in [0.2, 0.25) is 17.6 Å². The average Bonchev–Trinajstić information content (AvgIpc) is 3.47. The van der Waals surface area contributed by atoms with Crippen molar-refractivity contribution in [3.8, 4) is 11.4 Å². The quantitative estimate of drug-likeness (QED) is 0.558. The van der Waals surface area contributed by atoms with Gasteiger partial charge in [-0.05, 0) is 36.6 Å². The fourth-order valence-electron chi connectivity index (χ4n) is 5.58. The lowest BCUT2D eigenvalue weighted by atomic mass is 9.62. The lowest BCUT2D eigenvalue weighted by Gasteiger charge is -2.55. The van der Waals surface area contributed by atoms with Crippen LogP contribution in [-0.2, 0) is 16.9 Å². The topological polar surface area (TPSA) is 95.6 Å². The Kier molecular flexibility index (Phi) is 5.97. The minimum Gasteiger partial charge on any atom is -0.380 e. The molecule has 5 rings (SSSR count). The maximum absolute atomic E-state index is 12.4. The number of benzene rings is 1. The van der Waals surface area contributed by atoms with Gasteiger partial charge in [-0.3, -0.25) is 9.78 Å². The Morgan fingerprint density at radius 2 is 1.91 bits per heavy atom. The molecule has 3 aromatic rings. The molecule has 8 nitrogen and oxygen atoms in total. The summed E-state index contributed by atoms with van der Waals surface area (Å²) in [6, 6.07) is 10.2. The summed E-state index contributed by atoms with van der Waals surface area (Å²) in [6.07, 6.45) is 4.83. The highest BCUT2D eigenvalue weighted by atomic mass is 16.5. The normalized spacial score (nSPS) is 19.7. The second-order valence-corrected chi connectivity index (χ2v) is 10.6. The van der Waals surface area contributed by atoms with E-state index < -0.39 is 5.60 Å². The number of amides is 1. The SMILES string of the molecule is CC(C)c1ccc(C(O)(c2cncc(-c3noc(CN4CCCC4=O)n3)c2)C2(C)CN(C)C2)cc1. The van der Waals surface area contributed by atoms with Crippen LogP contribution in [0.15, 0.2) is 47.2 Å². The summed E-state index contributed by atoms with van der Waals surface area (Å²) in [5.41, 5.74) is 1.81. The lowest BCUT2D eigenvalue weighted by molar-refractivity contribution is -0.128. The first-order chi connectivity index (χ1) is 16.7. The molecule has 4 heterocycles. The minimum absolute atomic E-state index is 0.112. The molecule has 2 aliphatic rings. The molecule has 2 saturated heterocycles. The molecule has 1 aromatic carbocycles. The zero-order valence-corrected chi connectivity index (χ0v) is 20.9. The number of nitrogens with zero attached hydrogens (tertiary/aromatic N) is 5. The highest BCUT2D eigenvalue weighted by Crippen LogP contribution is 2.50. The van der Waals surface area contributed by atoms with E-state index >= 15 is 0 Å². The van der Waals surface area contributed by atoms with E-state index in [1.165, 1.54) is 5.56 Å². The van der Waals surface area contributed by atoms with Crippen LogP contribution in [-0.4, -0.2) is 62.6 Å². The van der Waals surface area contributed by atoms with Crippen molar-refractivity contribution in [1.29, 1.82) is 0 Å². The maximum atomic E-state index is 12.4. The first-order valence-corrected chi connectivity index (χ1v) is 12.3. The van der Waals surface area contributed by atoms with Gasteiger partial charge >= 0.3 is 0 Å². The molecule has 8 heteroatoms. The Morgan fingerprint density at radius 1 is 1.17 bits per heavy atom. The molecule has 2 aromatic heterocycles. The van der Waals surface area contributed by atoms with Crippen LogP contribution >= 0.6 is 0 Å². The molecule has 0 saturated carbocycles. The molecule has 1 amide bonds. The van der Waals surface area contributed by atoms with E-state index in [1.807, 2.05) is 18.2 Å². The number of rotatable bonds is 7. The van der Waals surface area contributed by atoms with Gasteiger partial charge in [-0.15, -0.1) is 0 Å². The largest absolute Gasteiger partial charge is 0.380 e. The van der Waals surface area contributed by atoms with E-state index in [4.69, 9.17) is 4.52 Å². The third-order valence-corrected chi connectivity index (χ3v) is 7.49. The average molecular weight is 476 g/mol. The van der Waals surface area contributed by atoms with Crippen LogP contribution in [0.4, 0.5) is 0 Å². The van der Waals surface area contributed by atoms with Crippen molar-refractivity contribution in [3.05, 3.63) is 65.3 Å². The van der Waals surface area contributed by atoms with Crippen molar-refractivity contribution in [1.82, 2.24) is 24.9 Å². The Bertz CT molecular complexity index is 1220. The number of carbonyl (C=O) groups is 1. The Hall–Kier alpha value is -3.10. The van der Waals surface area contributed by atoms with Gasteiger partial charge in [0.1, 0.15) is 5.60 Å². The maximum Gasteiger partial charge on any atom is 0.246 e. The number of hydrogen-bond donors (Lipinski definition) is 1. The molecule has 2 fully saturated rings. The monoisotopic (exact) mass is 475 g/mol. The second kappa shape index (κ2) is 8.84. The van der Waals surface area contributed by atoms with Crippen LogP contribution in [0.5, 0.6) is 0 Å². The van der Waals surface area contributed by atoms with Crippen molar-refractivity contribution >= 4 is 5.91 Å².